The van der Waals surface area contributed by atoms with E-state index in [1.165, 1.54) is 21.5 Å². The largest absolute Gasteiger partial charge is 0.307 e. The van der Waals surface area contributed by atoms with Gasteiger partial charge in [0.1, 0.15) is 0 Å². The van der Waals surface area contributed by atoms with E-state index in [2.05, 4.69) is 73.3 Å². The van der Waals surface area contributed by atoms with E-state index < -0.39 is 0 Å². The van der Waals surface area contributed by atoms with Gasteiger partial charge in [0.2, 0.25) is 0 Å². The summed E-state index contributed by atoms with van der Waals surface area (Å²) in [6, 6.07) is 5.34. The standard InChI is InChI=1S/C15H25BrN2S/c1-10(12-6-7-13(16)19-12)17-11-8-14(2,3)18-15(4,5)9-11/h6-7,10-11,17-18H,8-9H2,1-5H3. The van der Waals surface area contributed by atoms with Gasteiger partial charge in [-0.15, -0.1) is 11.3 Å². The zero-order valence-corrected chi connectivity index (χ0v) is 14.9. The van der Waals surface area contributed by atoms with Crippen LogP contribution in [0.1, 0.15) is 58.4 Å². The Labute approximate surface area is 129 Å². The molecule has 0 amide bonds. The molecule has 0 bridgehead atoms. The van der Waals surface area contributed by atoms with Gasteiger partial charge in [-0.05, 0) is 75.5 Å². The molecule has 1 aromatic rings. The highest BCUT2D eigenvalue weighted by Crippen LogP contribution is 2.32. The van der Waals surface area contributed by atoms with Crippen molar-refractivity contribution in [3.05, 3.63) is 20.8 Å². The van der Waals surface area contributed by atoms with E-state index in [4.69, 9.17) is 0 Å². The summed E-state index contributed by atoms with van der Waals surface area (Å²) in [5, 5.41) is 7.54. The Kier molecular flexibility index (Phi) is 4.46. The third kappa shape index (κ3) is 4.28. The molecule has 2 nitrogen and oxygen atoms in total. The Hall–Kier alpha value is 0.1000. The Morgan fingerprint density at radius 2 is 1.84 bits per heavy atom. The number of thiophene rings is 1. The number of halogens is 1. The zero-order chi connectivity index (χ0) is 14.3. The molecule has 1 atom stereocenters. The van der Waals surface area contributed by atoms with Gasteiger partial charge >= 0.3 is 0 Å². The maximum atomic E-state index is 3.81. The van der Waals surface area contributed by atoms with Crippen LogP contribution in [0.15, 0.2) is 15.9 Å². The Morgan fingerprint density at radius 1 is 1.26 bits per heavy atom. The van der Waals surface area contributed by atoms with Crippen molar-refractivity contribution in [1.82, 2.24) is 10.6 Å². The SMILES string of the molecule is CC(NC1CC(C)(C)NC(C)(C)C1)c1ccc(Br)s1. The summed E-state index contributed by atoms with van der Waals surface area (Å²) in [5.74, 6) is 0. The molecule has 0 spiro atoms. The third-order valence-corrected chi connectivity index (χ3v) is 5.50. The molecule has 108 valence electrons. The first kappa shape index (κ1) is 15.5. The van der Waals surface area contributed by atoms with Gasteiger partial charge in [0.05, 0.1) is 3.79 Å². The minimum absolute atomic E-state index is 0.204. The fraction of sp³-hybridized carbons (Fsp3) is 0.733. The molecule has 1 fully saturated rings. The lowest BCUT2D eigenvalue weighted by Gasteiger charge is -2.47. The van der Waals surface area contributed by atoms with Crippen molar-refractivity contribution in [3.8, 4) is 0 Å². The van der Waals surface area contributed by atoms with Crippen LogP contribution >= 0.6 is 27.3 Å². The van der Waals surface area contributed by atoms with Crippen LogP contribution in [0.5, 0.6) is 0 Å². The monoisotopic (exact) mass is 344 g/mol. The first-order valence-corrected chi connectivity index (χ1v) is 8.58. The highest BCUT2D eigenvalue weighted by atomic mass is 79.9. The van der Waals surface area contributed by atoms with E-state index in [1.807, 2.05) is 11.3 Å². The fourth-order valence-electron chi connectivity index (χ4n) is 3.44. The van der Waals surface area contributed by atoms with Crippen LogP contribution in [0.4, 0.5) is 0 Å². The molecule has 1 aliphatic heterocycles. The lowest BCUT2D eigenvalue weighted by Crippen LogP contribution is -2.61. The van der Waals surface area contributed by atoms with Crippen molar-refractivity contribution >= 4 is 27.3 Å². The van der Waals surface area contributed by atoms with Gasteiger partial charge in [0.15, 0.2) is 0 Å². The van der Waals surface area contributed by atoms with Crippen molar-refractivity contribution in [1.29, 1.82) is 0 Å². The van der Waals surface area contributed by atoms with E-state index in [1.54, 1.807) is 0 Å². The molecule has 2 rings (SSSR count). The van der Waals surface area contributed by atoms with Crippen molar-refractivity contribution in [2.45, 2.75) is 70.6 Å². The smallest absolute Gasteiger partial charge is 0.0701 e. The Balaban J connectivity index is 2.02. The summed E-state index contributed by atoms with van der Waals surface area (Å²) >= 11 is 5.37. The first-order chi connectivity index (χ1) is 8.67. The normalized spacial score (nSPS) is 24.3. The van der Waals surface area contributed by atoms with Gasteiger partial charge in [0, 0.05) is 28.0 Å². The van der Waals surface area contributed by atoms with Crippen molar-refractivity contribution < 1.29 is 0 Å². The van der Waals surface area contributed by atoms with Crippen LogP contribution in [0.25, 0.3) is 0 Å². The lowest BCUT2D eigenvalue weighted by atomic mass is 9.79. The van der Waals surface area contributed by atoms with Gasteiger partial charge < -0.3 is 10.6 Å². The quantitative estimate of drug-likeness (QED) is 0.845. The molecule has 0 aliphatic carbocycles. The molecule has 1 saturated heterocycles. The summed E-state index contributed by atoms with van der Waals surface area (Å²) in [6.45, 7) is 11.5. The summed E-state index contributed by atoms with van der Waals surface area (Å²) in [5.41, 5.74) is 0.407. The number of nitrogens with one attached hydrogen (secondary N) is 2. The Bertz CT molecular complexity index is 423. The number of piperidine rings is 1. The topological polar surface area (TPSA) is 24.1 Å². The summed E-state index contributed by atoms with van der Waals surface area (Å²) < 4.78 is 1.21. The molecule has 0 saturated carbocycles. The lowest BCUT2D eigenvalue weighted by molar-refractivity contribution is 0.141. The van der Waals surface area contributed by atoms with Crippen molar-refractivity contribution in [2.75, 3.05) is 0 Å². The van der Waals surface area contributed by atoms with Gasteiger partial charge in [-0.2, -0.15) is 0 Å². The van der Waals surface area contributed by atoms with Gasteiger partial charge in [-0.3, -0.25) is 0 Å². The predicted molar refractivity (Wildman–Crippen MR) is 87.9 cm³/mol. The molecule has 0 radical (unpaired) electrons. The second-order valence-electron chi connectivity index (χ2n) is 7.03. The minimum Gasteiger partial charge on any atom is -0.307 e. The summed E-state index contributed by atoms with van der Waals surface area (Å²) in [7, 11) is 0. The van der Waals surface area contributed by atoms with Crippen molar-refractivity contribution in [3.63, 3.8) is 0 Å². The average Bonchev–Trinajstić information content (AvgIpc) is 2.59. The van der Waals surface area contributed by atoms with Crippen LogP contribution in [0, 0.1) is 0 Å². The van der Waals surface area contributed by atoms with Gasteiger partial charge in [0.25, 0.3) is 0 Å². The minimum atomic E-state index is 0.204. The first-order valence-electron chi connectivity index (χ1n) is 6.97. The predicted octanol–water partition coefficient (Wildman–Crippen LogP) is 4.47. The Morgan fingerprint density at radius 3 is 2.32 bits per heavy atom. The molecule has 0 aromatic carbocycles. The molecule has 1 aromatic heterocycles. The van der Waals surface area contributed by atoms with Crippen LogP contribution in [0.2, 0.25) is 0 Å². The zero-order valence-electron chi connectivity index (χ0n) is 12.5. The molecular weight excluding hydrogens is 320 g/mol. The number of hydrogen-bond donors (Lipinski definition) is 2. The molecule has 19 heavy (non-hydrogen) atoms. The van der Waals surface area contributed by atoms with Crippen LogP contribution in [-0.4, -0.2) is 17.1 Å². The van der Waals surface area contributed by atoms with E-state index >= 15 is 0 Å². The fourth-order valence-corrected chi connectivity index (χ4v) is 4.87. The number of rotatable bonds is 3. The maximum Gasteiger partial charge on any atom is 0.0701 e. The number of hydrogen-bond acceptors (Lipinski definition) is 3. The van der Waals surface area contributed by atoms with Gasteiger partial charge in [-0.25, -0.2) is 0 Å². The van der Waals surface area contributed by atoms with E-state index in [0.717, 1.165) is 0 Å². The van der Waals surface area contributed by atoms with E-state index in [0.29, 0.717) is 12.1 Å². The molecule has 1 unspecified atom stereocenters. The third-order valence-electron chi connectivity index (χ3n) is 3.70. The second-order valence-corrected chi connectivity index (χ2v) is 9.52. The molecule has 2 heterocycles. The van der Waals surface area contributed by atoms with Crippen molar-refractivity contribution in [2.24, 2.45) is 0 Å². The second kappa shape index (κ2) is 5.47. The molecule has 4 heteroatoms. The van der Waals surface area contributed by atoms with Crippen LogP contribution < -0.4 is 10.6 Å². The van der Waals surface area contributed by atoms with Crippen LogP contribution in [-0.2, 0) is 0 Å². The van der Waals surface area contributed by atoms with E-state index in [9.17, 15) is 0 Å². The highest BCUT2D eigenvalue weighted by molar-refractivity contribution is 9.11. The highest BCUT2D eigenvalue weighted by Gasteiger charge is 2.37. The summed E-state index contributed by atoms with van der Waals surface area (Å²) in [4.78, 5) is 1.40. The molecular formula is C15H25BrN2S. The van der Waals surface area contributed by atoms with Gasteiger partial charge in [-0.1, -0.05) is 0 Å². The summed E-state index contributed by atoms with van der Waals surface area (Å²) in [6.07, 6.45) is 2.35. The van der Waals surface area contributed by atoms with E-state index in [-0.39, 0.29) is 11.1 Å². The molecule has 1 aliphatic rings. The van der Waals surface area contributed by atoms with Crippen LogP contribution in [0.3, 0.4) is 0 Å². The maximum absolute atomic E-state index is 3.81. The molecule has 2 N–H and O–H groups in total. The average molecular weight is 345 g/mol.